The van der Waals surface area contributed by atoms with Crippen molar-refractivity contribution in [2.24, 2.45) is 5.41 Å². The van der Waals surface area contributed by atoms with Crippen LogP contribution >= 0.6 is 23.2 Å². The minimum Gasteiger partial charge on any atom is -0.325 e. The van der Waals surface area contributed by atoms with Crippen LogP contribution in [0.25, 0.3) is 0 Å². The highest BCUT2D eigenvalue weighted by Gasteiger charge is 2.36. The summed E-state index contributed by atoms with van der Waals surface area (Å²) in [6, 6.07) is 10.5. The highest BCUT2D eigenvalue weighted by Crippen LogP contribution is 2.26. The lowest BCUT2D eigenvalue weighted by Crippen LogP contribution is -2.41. The van der Waals surface area contributed by atoms with E-state index in [1.807, 2.05) is 0 Å². The molecule has 0 aromatic heterocycles. The van der Waals surface area contributed by atoms with Gasteiger partial charge < -0.3 is 10.6 Å². The van der Waals surface area contributed by atoms with E-state index >= 15 is 0 Å². The Morgan fingerprint density at radius 3 is 2.21 bits per heavy atom. The van der Waals surface area contributed by atoms with Crippen LogP contribution in [0.5, 0.6) is 0 Å². The average Bonchev–Trinajstić information content (AvgIpc) is 2.53. The van der Waals surface area contributed by atoms with Crippen LogP contribution in [0.1, 0.15) is 13.8 Å². The van der Waals surface area contributed by atoms with Crippen LogP contribution in [0.4, 0.5) is 15.8 Å². The first-order valence-corrected chi connectivity index (χ1v) is 7.80. The van der Waals surface area contributed by atoms with Gasteiger partial charge in [0.15, 0.2) is 0 Å². The van der Waals surface area contributed by atoms with Crippen LogP contribution in [-0.4, -0.2) is 11.8 Å². The number of amides is 2. The normalized spacial score (nSPS) is 11.0. The minimum atomic E-state index is -1.39. The van der Waals surface area contributed by atoms with Gasteiger partial charge in [0, 0.05) is 5.69 Å². The van der Waals surface area contributed by atoms with E-state index < -0.39 is 23.0 Å². The summed E-state index contributed by atoms with van der Waals surface area (Å²) in [6.07, 6.45) is 0. The number of anilines is 2. The summed E-state index contributed by atoms with van der Waals surface area (Å²) < 4.78 is 13.2. The second-order valence-corrected chi connectivity index (χ2v) is 6.46. The van der Waals surface area contributed by atoms with E-state index in [0.29, 0.717) is 16.4 Å². The zero-order valence-corrected chi connectivity index (χ0v) is 14.5. The molecule has 0 heterocycles. The maximum atomic E-state index is 13.2. The molecule has 126 valence electrons. The predicted molar refractivity (Wildman–Crippen MR) is 93.9 cm³/mol. The first-order chi connectivity index (χ1) is 11.2. The van der Waals surface area contributed by atoms with Crippen molar-refractivity contribution in [2.75, 3.05) is 10.6 Å². The third-order valence-electron chi connectivity index (χ3n) is 3.43. The monoisotopic (exact) mass is 368 g/mol. The quantitative estimate of drug-likeness (QED) is 0.765. The van der Waals surface area contributed by atoms with Crippen LogP contribution in [-0.2, 0) is 9.59 Å². The molecule has 2 amide bonds. The first kappa shape index (κ1) is 18.2. The Morgan fingerprint density at radius 1 is 0.958 bits per heavy atom. The van der Waals surface area contributed by atoms with Gasteiger partial charge in [-0.25, -0.2) is 4.39 Å². The summed E-state index contributed by atoms with van der Waals surface area (Å²) in [4.78, 5) is 24.8. The van der Waals surface area contributed by atoms with Crippen molar-refractivity contribution in [3.05, 3.63) is 58.3 Å². The van der Waals surface area contributed by atoms with Gasteiger partial charge in [0.1, 0.15) is 11.2 Å². The summed E-state index contributed by atoms with van der Waals surface area (Å²) in [7, 11) is 0. The smallest absolute Gasteiger partial charge is 0.239 e. The molecule has 7 heteroatoms. The van der Waals surface area contributed by atoms with Gasteiger partial charge in [0.05, 0.1) is 15.7 Å². The Bertz CT molecular complexity index is 794. The molecule has 0 bridgehead atoms. The van der Waals surface area contributed by atoms with Crippen LogP contribution < -0.4 is 10.6 Å². The molecule has 0 saturated heterocycles. The van der Waals surface area contributed by atoms with Crippen molar-refractivity contribution >= 4 is 46.4 Å². The van der Waals surface area contributed by atoms with E-state index in [4.69, 9.17) is 23.2 Å². The topological polar surface area (TPSA) is 58.2 Å². The van der Waals surface area contributed by atoms with Crippen molar-refractivity contribution < 1.29 is 14.0 Å². The summed E-state index contributed by atoms with van der Waals surface area (Å²) in [5.41, 5.74) is -0.681. The molecule has 0 atom stereocenters. The molecular formula is C17H15Cl2FN2O2. The number of halogens is 3. The van der Waals surface area contributed by atoms with Crippen LogP contribution in [0, 0.1) is 11.2 Å². The Morgan fingerprint density at radius 2 is 1.58 bits per heavy atom. The highest BCUT2D eigenvalue weighted by atomic mass is 35.5. The molecule has 2 aromatic rings. The second-order valence-electron chi connectivity index (χ2n) is 5.64. The molecule has 2 rings (SSSR count). The van der Waals surface area contributed by atoms with E-state index in [1.54, 1.807) is 24.3 Å². The maximum absolute atomic E-state index is 13.2. The zero-order valence-electron chi connectivity index (χ0n) is 13.0. The summed E-state index contributed by atoms with van der Waals surface area (Å²) in [5, 5.41) is 5.42. The number of rotatable bonds is 4. The van der Waals surface area contributed by atoms with Gasteiger partial charge >= 0.3 is 0 Å². The molecule has 2 aromatic carbocycles. The fourth-order valence-electron chi connectivity index (χ4n) is 1.81. The number of para-hydroxylation sites is 1. The molecule has 0 saturated carbocycles. The number of nitrogens with one attached hydrogen (secondary N) is 2. The molecule has 2 N–H and O–H groups in total. The number of carbonyl (C=O) groups is 2. The summed E-state index contributed by atoms with van der Waals surface area (Å²) in [6.45, 7) is 2.94. The maximum Gasteiger partial charge on any atom is 0.239 e. The van der Waals surface area contributed by atoms with E-state index in [1.165, 1.54) is 26.0 Å². The van der Waals surface area contributed by atoms with E-state index in [2.05, 4.69) is 10.6 Å². The van der Waals surface area contributed by atoms with Crippen LogP contribution in [0.15, 0.2) is 42.5 Å². The highest BCUT2D eigenvalue weighted by molar-refractivity contribution is 6.34. The van der Waals surface area contributed by atoms with Gasteiger partial charge in [-0.05, 0) is 44.2 Å². The SMILES string of the molecule is CC(C)(C(=O)Nc1ccc(F)c(Cl)c1)C(=O)Nc1ccccc1Cl. The molecule has 0 spiro atoms. The van der Waals surface area contributed by atoms with Crippen molar-refractivity contribution in [3.8, 4) is 0 Å². The van der Waals surface area contributed by atoms with Gasteiger partial charge in [-0.2, -0.15) is 0 Å². The molecule has 0 aliphatic heterocycles. The lowest BCUT2D eigenvalue weighted by molar-refractivity contribution is -0.135. The van der Waals surface area contributed by atoms with Crippen molar-refractivity contribution in [1.29, 1.82) is 0 Å². The lowest BCUT2D eigenvalue weighted by atomic mass is 9.90. The van der Waals surface area contributed by atoms with Crippen LogP contribution in [0.3, 0.4) is 0 Å². The number of benzene rings is 2. The Balaban J connectivity index is 2.13. The van der Waals surface area contributed by atoms with Gasteiger partial charge in [-0.1, -0.05) is 35.3 Å². The Labute approximate surface area is 149 Å². The minimum absolute atomic E-state index is 0.119. The number of hydrogen-bond donors (Lipinski definition) is 2. The first-order valence-electron chi connectivity index (χ1n) is 7.04. The fourth-order valence-corrected chi connectivity index (χ4v) is 2.17. The van der Waals surface area contributed by atoms with Crippen molar-refractivity contribution in [1.82, 2.24) is 0 Å². The van der Waals surface area contributed by atoms with Crippen molar-refractivity contribution in [2.45, 2.75) is 13.8 Å². The zero-order chi connectivity index (χ0) is 17.9. The predicted octanol–water partition coefficient (Wildman–Crippen LogP) is 4.74. The third-order valence-corrected chi connectivity index (χ3v) is 4.05. The number of hydrogen-bond acceptors (Lipinski definition) is 2. The molecule has 0 aliphatic carbocycles. The van der Waals surface area contributed by atoms with Gasteiger partial charge in [-0.3, -0.25) is 9.59 Å². The summed E-state index contributed by atoms with van der Waals surface area (Å²) in [5.74, 6) is -1.68. The Hall–Kier alpha value is -2.11. The van der Waals surface area contributed by atoms with E-state index in [0.717, 1.165) is 6.07 Å². The molecule has 0 aliphatic rings. The lowest BCUT2D eigenvalue weighted by Gasteiger charge is -2.23. The molecular weight excluding hydrogens is 354 g/mol. The van der Waals surface area contributed by atoms with Crippen molar-refractivity contribution in [3.63, 3.8) is 0 Å². The fraction of sp³-hybridized carbons (Fsp3) is 0.176. The van der Waals surface area contributed by atoms with Gasteiger partial charge in [0.2, 0.25) is 11.8 Å². The van der Waals surface area contributed by atoms with E-state index in [-0.39, 0.29) is 5.02 Å². The van der Waals surface area contributed by atoms with Gasteiger partial charge in [-0.15, -0.1) is 0 Å². The second kappa shape index (κ2) is 7.20. The number of carbonyl (C=O) groups excluding carboxylic acids is 2. The molecule has 24 heavy (non-hydrogen) atoms. The van der Waals surface area contributed by atoms with Gasteiger partial charge in [0.25, 0.3) is 0 Å². The molecule has 0 fully saturated rings. The molecule has 0 radical (unpaired) electrons. The summed E-state index contributed by atoms with van der Waals surface area (Å²) >= 11 is 11.7. The third kappa shape index (κ3) is 4.04. The standard InChI is InChI=1S/C17H15Cl2FN2O2/c1-17(2,16(24)22-14-6-4-3-5-11(14)18)15(23)21-10-7-8-13(20)12(19)9-10/h3-9H,1-2H3,(H,21,23)(H,22,24). The van der Waals surface area contributed by atoms with Crippen LogP contribution in [0.2, 0.25) is 10.0 Å². The molecule has 0 unspecified atom stereocenters. The van der Waals surface area contributed by atoms with E-state index in [9.17, 15) is 14.0 Å². The largest absolute Gasteiger partial charge is 0.325 e. The Kier molecular flexibility index (Phi) is 5.47. The average molecular weight is 369 g/mol. The molecule has 4 nitrogen and oxygen atoms in total.